The minimum absolute atomic E-state index is 0.131. The molecule has 0 bridgehead atoms. The van der Waals surface area contributed by atoms with Crippen LogP contribution in [0.5, 0.6) is 0 Å². The molecular weight excluding hydrogens is 200 g/mol. The van der Waals surface area contributed by atoms with Gasteiger partial charge in [0.2, 0.25) is 0 Å². The van der Waals surface area contributed by atoms with Gasteiger partial charge in [-0.3, -0.25) is 0 Å². The highest BCUT2D eigenvalue weighted by Crippen LogP contribution is 2.43. The monoisotopic (exact) mass is 208 g/mol. The predicted octanol–water partition coefficient (Wildman–Crippen LogP) is 2.43. The molecule has 0 unspecified atom stereocenters. The number of aromatic nitrogens is 1. The van der Waals surface area contributed by atoms with Gasteiger partial charge in [0.1, 0.15) is 0 Å². The van der Waals surface area contributed by atoms with E-state index >= 15 is 0 Å². The van der Waals surface area contributed by atoms with Crippen molar-refractivity contribution >= 4 is 22.6 Å². The van der Waals surface area contributed by atoms with Crippen molar-refractivity contribution in [3.8, 4) is 0 Å². The second kappa shape index (κ2) is 2.49. The molecule has 3 nitrogen and oxygen atoms in total. The van der Waals surface area contributed by atoms with Crippen LogP contribution in [0.2, 0.25) is 5.15 Å². The van der Waals surface area contributed by atoms with E-state index in [9.17, 15) is 0 Å². The first kappa shape index (κ1) is 8.26. The third-order valence-corrected chi connectivity index (χ3v) is 3.06. The van der Waals surface area contributed by atoms with Gasteiger partial charge in [0.25, 0.3) is 0 Å². The first-order valence-electron chi connectivity index (χ1n) is 4.53. The average molecular weight is 209 g/mol. The van der Waals surface area contributed by atoms with Crippen LogP contribution in [0.3, 0.4) is 0 Å². The molecule has 3 rings (SSSR count). The average Bonchev–Trinajstić information content (AvgIpc) is 2.84. The van der Waals surface area contributed by atoms with Crippen LogP contribution in [0.4, 0.5) is 0 Å². The Bertz CT molecular complexity index is 502. The molecule has 1 heterocycles. The highest BCUT2D eigenvalue weighted by molar-refractivity contribution is 6.34. The third kappa shape index (κ3) is 1.06. The van der Waals surface area contributed by atoms with Crippen LogP contribution in [-0.2, 0) is 5.54 Å². The van der Waals surface area contributed by atoms with Crippen molar-refractivity contribution < 1.29 is 4.52 Å². The fraction of sp³-hybridized carbons (Fsp3) is 0.300. The Kier molecular flexibility index (Phi) is 1.47. The van der Waals surface area contributed by atoms with E-state index in [1.165, 1.54) is 0 Å². The van der Waals surface area contributed by atoms with Gasteiger partial charge in [-0.05, 0) is 30.5 Å². The number of rotatable bonds is 1. The van der Waals surface area contributed by atoms with Gasteiger partial charge in [0.15, 0.2) is 10.7 Å². The van der Waals surface area contributed by atoms with E-state index in [0.29, 0.717) is 10.7 Å². The van der Waals surface area contributed by atoms with Crippen LogP contribution in [-0.4, -0.2) is 5.16 Å². The van der Waals surface area contributed by atoms with E-state index in [4.69, 9.17) is 21.9 Å². The summed E-state index contributed by atoms with van der Waals surface area (Å²) in [4.78, 5) is 0. The Labute approximate surface area is 85.8 Å². The van der Waals surface area contributed by atoms with Crippen LogP contribution < -0.4 is 5.73 Å². The van der Waals surface area contributed by atoms with Gasteiger partial charge in [0.05, 0.1) is 5.39 Å². The van der Waals surface area contributed by atoms with Crippen molar-refractivity contribution in [3.05, 3.63) is 28.9 Å². The smallest absolute Gasteiger partial charge is 0.179 e. The summed E-state index contributed by atoms with van der Waals surface area (Å²) in [6.07, 6.45) is 2.08. The standard InChI is InChI=1S/C10H9ClN2O/c11-9-7-2-1-6(10(12)3-4-10)5-8(7)14-13-9/h1-2,5H,3-4,12H2. The third-order valence-electron chi connectivity index (χ3n) is 2.79. The number of hydrogen-bond acceptors (Lipinski definition) is 3. The van der Waals surface area contributed by atoms with Crippen molar-refractivity contribution in [2.24, 2.45) is 5.73 Å². The van der Waals surface area contributed by atoms with Gasteiger partial charge in [-0.1, -0.05) is 22.8 Å². The van der Waals surface area contributed by atoms with E-state index in [1.807, 2.05) is 18.2 Å². The van der Waals surface area contributed by atoms with Gasteiger partial charge in [-0.25, -0.2) is 0 Å². The van der Waals surface area contributed by atoms with Gasteiger partial charge >= 0.3 is 0 Å². The van der Waals surface area contributed by atoms with Gasteiger partial charge in [-0.15, -0.1) is 0 Å². The molecule has 1 aromatic heterocycles. The molecule has 0 spiro atoms. The lowest BCUT2D eigenvalue weighted by molar-refractivity contribution is 0.456. The van der Waals surface area contributed by atoms with Crippen LogP contribution in [0.25, 0.3) is 11.0 Å². The summed E-state index contributed by atoms with van der Waals surface area (Å²) in [5.74, 6) is 0. The molecular formula is C10H9ClN2O. The Morgan fingerprint density at radius 2 is 2.21 bits per heavy atom. The maximum absolute atomic E-state index is 6.07. The summed E-state index contributed by atoms with van der Waals surface area (Å²) in [5.41, 5.74) is 7.76. The fourth-order valence-corrected chi connectivity index (χ4v) is 1.83. The first-order chi connectivity index (χ1) is 6.69. The summed E-state index contributed by atoms with van der Waals surface area (Å²) >= 11 is 5.82. The zero-order valence-electron chi connectivity index (χ0n) is 7.46. The van der Waals surface area contributed by atoms with Crippen LogP contribution in [0, 0.1) is 0 Å². The molecule has 0 amide bonds. The molecule has 0 atom stereocenters. The molecule has 14 heavy (non-hydrogen) atoms. The Balaban J connectivity index is 2.21. The molecule has 1 aliphatic carbocycles. The molecule has 1 fully saturated rings. The number of benzene rings is 1. The zero-order chi connectivity index (χ0) is 9.76. The normalized spacial score (nSPS) is 18.7. The molecule has 1 aromatic carbocycles. The van der Waals surface area contributed by atoms with Crippen LogP contribution >= 0.6 is 11.6 Å². The number of fused-ring (bicyclic) bond motifs is 1. The number of nitrogens with zero attached hydrogens (tertiary/aromatic N) is 1. The summed E-state index contributed by atoms with van der Waals surface area (Å²) in [5, 5.41) is 4.95. The van der Waals surface area contributed by atoms with Gasteiger partial charge in [0, 0.05) is 5.54 Å². The molecule has 2 aromatic rings. The topological polar surface area (TPSA) is 52.0 Å². The van der Waals surface area contributed by atoms with E-state index in [2.05, 4.69) is 5.16 Å². The SMILES string of the molecule is NC1(c2ccc3c(Cl)noc3c2)CC1. The molecule has 0 saturated heterocycles. The second-order valence-electron chi connectivity index (χ2n) is 3.84. The summed E-state index contributed by atoms with van der Waals surface area (Å²) in [7, 11) is 0. The number of halogens is 1. The summed E-state index contributed by atoms with van der Waals surface area (Å²) in [6, 6.07) is 5.84. The van der Waals surface area contributed by atoms with Crippen LogP contribution in [0.15, 0.2) is 22.7 Å². The lowest BCUT2D eigenvalue weighted by Gasteiger charge is -2.07. The highest BCUT2D eigenvalue weighted by Gasteiger charge is 2.40. The maximum atomic E-state index is 6.07. The molecule has 1 aliphatic rings. The number of hydrogen-bond donors (Lipinski definition) is 1. The molecule has 1 saturated carbocycles. The summed E-state index contributed by atoms with van der Waals surface area (Å²) in [6.45, 7) is 0. The van der Waals surface area contributed by atoms with Crippen molar-refractivity contribution in [1.29, 1.82) is 0 Å². The van der Waals surface area contributed by atoms with Gasteiger partial charge in [-0.2, -0.15) is 0 Å². The second-order valence-corrected chi connectivity index (χ2v) is 4.20. The Morgan fingerprint density at radius 1 is 1.43 bits per heavy atom. The first-order valence-corrected chi connectivity index (χ1v) is 4.91. The number of nitrogens with two attached hydrogens (primary N) is 1. The van der Waals surface area contributed by atoms with E-state index < -0.39 is 0 Å². The minimum atomic E-state index is -0.131. The minimum Gasteiger partial charge on any atom is -0.355 e. The van der Waals surface area contributed by atoms with Crippen molar-refractivity contribution in [2.75, 3.05) is 0 Å². The zero-order valence-corrected chi connectivity index (χ0v) is 8.21. The Morgan fingerprint density at radius 3 is 2.93 bits per heavy atom. The van der Waals surface area contributed by atoms with E-state index in [0.717, 1.165) is 23.8 Å². The highest BCUT2D eigenvalue weighted by atomic mass is 35.5. The Hall–Kier alpha value is -1.06. The summed E-state index contributed by atoms with van der Waals surface area (Å²) < 4.78 is 5.07. The lowest BCUT2D eigenvalue weighted by atomic mass is 10.1. The largest absolute Gasteiger partial charge is 0.355 e. The molecule has 4 heteroatoms. The maximum Gasteiger partial charge on any atom is 0.179 e. The molecule has 0 aliphatic heterocycles. The predicted molar refractivity (Wildman–Crippen MR) is 54.1 cm³/mol. The fourth-order valence-electron chi connectivity index (χ4n) is 1.64. The van der Waals surface area contributed by atoms with Crippen molar-refractivity contribution in [1.82, 2.24) is 5.16 Å². The van der Waals surface area contributed by atoms with Crippen LogP contribution in [0.1, 0.15) is 18.4 Å². The van der Waals surface area contributed by atoms with Crippen molar-refractivity contribution in [2.45, 2.75) is 18.4 Å². The molecule has 0 radical (unpaired) electrons. The van der Waals surface area contributed by atoms with E-state index in [1.54, 1.807) is 0 Å². The lowest BCUT2D eigenvalue weighted by Crippen LogP contribution is -2.18. The van der Waals surface area contributed by atoms with Gasteiger partial charge < -0.3 is 10.3 Å². The molecule has 2 N–H and O–H groups in total. The van der Waals surface area contributed by atoms with Crippen molar-refractivity contribution in [3.63, 3.8) is 0 Å². The van der Waals surface area contributed by atoms with E-state index in [-0.39, 0.29) is 5.54 Å². The molecule has 72 valence electrons. The quantitative estimate of drug-likeness (QED) is 0.783.